The number of nitro groups is 1. The highest BCUT2D eigenvalue weighted by Crippen LogP contribution is 2.29. The van der Waals surface area contributed by atoms with Crippen LogP contribution in [0.3, 0.4) is 0 Å². The summed E-state index contributed by atoms with van der Waals surface area (Å²) in [7, 11) is 0. The van der Waals surface area contributed by atoms with Crippen LogP contribution < -0.4 is 0 Å². The van der Waals surface area contributed by atoms with Crippen molar-refractivity contribution in [2.75, 3.05) is 0 Å². The molecule has 4 heteroatoms. The van der Waals surface area contributed by atoms with E-state index in [1.165, 1.54) is 0 Å². The molecule has 0 aromatic heterocycles. The van der Waals surface area contributed by atoms with Gasteiger partial charge in [-0.15, -0.1) is 0 Å². The van der Waals surface area contributed by atoms with Crippen molar-refractivity contribution >= 4 is 17.6 Å². The van der Waals surface area contributed by atoms with Gasteiger partial charge >= 0.3 is 0 Å². The maximum Gasteiger partial charge on any atom is 0.274 e. The summed E-state index contributed by atoms with van der Waals surface area (Å²) in [5, 5.41) is 11.0. The number of aryl methyl sites for hydroxylation is 1. The molecule has 0 bridgehead atoms. The third-order valence-corrected chi connectivity index (χ3v) is 2.85. The Kier molecular flexibility index (Phi) is 3.71. The van der Waals surface area contributed by atoms with Gasteiger partial charge in [0.25, 0.3) is 5.69 Å². The number of rotatable bonds is 3. The average molecular weight is 254 g/mol. The molecule has 2 rings (SSSR count). The fourth-order valence-corrected chi connectivity index (χ4v) is 1.83. The van der Waals surface area contributed by atoms with Crippen LogP contribution in [-0.4, -0.2) is 11.1 Å². The van der Waals surface area contributed by atoms with Gasteiger partial charge in [-0.1, -0.05) is 30.3 Å². The van der Waals surface area contributed by atoms with E-state index in [1.807, 2.05) is 43.3 Å². The molecule has 2 aromatic rings. The van der Waals surface area contributed by atoms with E-state index in [4.69, 9.17) is 0 Å². The fraction of sp³-hybridized carbons (Fsp3) is 0.133. The van der Waals surface area contributed by atoms with Crippen LogP contribution in [0.5, 0.6) is 0 Å². The minimum absolute atomic E-state index is 0.111. The minimum atomic E-state index is -0.371. The molecule has 0 aliphatic rings. The maximum atomic E-state index is 11.0. The normalized spacial score (nSPS) is 10.8. The summed E-state index contributed by atoms with van der Waals surface area (Å²) < 4.78 is 0. The molecule has 0 saturated heterocycles. The molecule has 0 heterocycles. The quantitative estimate of drug-likeness (QED) is 0.473. The number of aliphatic imine (C=N–C) groups is 1. The monoisotopic (exact) mass is 254 g/mol. The molecule has 0 unspecified atom stereocenters. The van der Waals surface area contributed by atoms with Gasteiger partial charge < -0.3 is 0 Å². The van der Waals surface area contributed by atoms with Crippen LogP contribution in [0.1, 0.15) is 16.7 Å². The summed E-state index contributed by atoms with van der Waals surface area (Å²) in [5.74, 6) is 0. The second-order valence-corrected chi connectivity index (χ2v) is 4.35. The number of hydrogen-bond donors (Lipinski definition) is 0. The molecule has 4 nitrogen and oxygen atoms in total. The molecule has 0 N–H and O–H groups in total. The zero-order valence-corrected chi connectivity index (χ0v) is 10.8. The van der Waals surface area contributed by atoms with Gasteiger partial charge in [0.05, 0.1) is 16.2 Å². The van der Waals surface area contributed by atoms with Crippen molar-refractivity contribution in [2.45, 2.75) is 13.8 Å². The number of nitrogens with zero attached hydrogens (tertiary/aromatic N) is 2. The first kappa shape index (κ1) is 13.0. The SMILES string of the molecule is Cc1cc(N=Cc2ccccc2)c(C)c([N+](=O)[O-])c1. The van der Waals surface area contributed by atoms with Crippen LogP contribution in [0.4, 0.5) is 11.4 Å². The lowest BCUT2D eigenvalue weighted by Crippen LogP contribution is -1.93. The Morgan fingerprint density at radius 2 is 1.84 bits per heavy atom. The molecule has 0 saturated carbocycles. The first-order chi connectivity index (χ1) is 9.08. The van der Waals surface area contributed by atoms with E-state index in [0.717, 1.165) is 11.1 Å². The lowest BCUT2D eigenvalue weighted by molar-refractivity contribution is -0.385. The Balaban J connectivity index is 2.41. The molecular weight excluding hydrogens is 240 g/mol. The van der Waals surface area contributed by atoms with Crippen LogP contribution >= 0.6 is 0 Å². The molecular formula is C15H14N2O2. The largest absolute Gasteiger partial charge is 0.274 e. The van der Waals surface area contributed by atoms with Crippen LogP contribution in [0.15, 0.2) is 47.5 Å². The first-order valence-electron chi connectivity index (χ1n) is 5.92. The van der Waals surface area contributed by atoms with Crippen molar-refractivity contribution in [3.8, 4) is 0 Å². The topological polar surface area (TPSA) is 55.5 Å². The van der Waals surface area contributed by atoms with Crippen molar-refractivity contribution in [2.24, 2.45) is 4.99 Å². The smallest absolute Gasteiger partial charge is 0.258 e. The first-order valence-corrected chi connectivity index (χ1v) is 5.92. The van der Waals surface area contributed by atoms with E-state index >= 15 is 0 Å². The van der Waals surface area contributed by atoms with Crippen LogP contribution in [-0.2, 0) is 0 Å². The highest BCUT2D eigenvalue weighted by molar-refractivity contribution is 5.82. The predicted molar refractivity (Wildman–Crippen MR) is 76.3 cm³/mol. The van der Waals surface area contributed by atoms with Gasteiger partial charge in [-0.25, -0.2) is 0 Å². The van der Waals surface area contributed by atoms with Crippen LogP contribution in [0, 0.1) is 24.0 Å². The molecule has 0 amide bonds. The van der Waals surface area contributed by atoms with E-state index in [0.29, 0.717) is 11.3 Å². The highest BCUT2D eigenvalue weighted by atomic mass is 16.6. The molecule has 0 aliphatic heterocycles. The predicted octanol–water partition coefficient (Wildman–Crippen LogP) is 3.96. The van der Waals surface area contributed by atoms with Crippen LogP contribution in [0.2, 0.25) is 0 Å². The molecule has 0 fully saturated rings. The molecule has 0 aliphatic carbocycles. The Morgan fingerprint density at radius 1 is 1.16 bits per heavy atom. The van der Waals surface area contributed by atoms with Crippen molar-refractivity contribution in [1.82, 2.24) is 0 Å². The van der Waals surface area contributed by atoms with Crippen molar-refractivity contribution < 1.29 is 4.92 Å². The summed E-state index contributed by atoms with van der Waals surface area (Å²) in [4.78, 5) is 14.9. The molecule has 0 atom stereocenters. The van der Waals surface area contributed by atoms with E-state index in [1.54, 1.807) is 19.2 Å². The number of benzene rings is 2. The summed E-state index contributed by atoms with van der Waals surface area (Å²) in [6, 6.07) is 13.1. The van der Waals surface area contributed by atoms with Crippen molar-refractivity contribution in [3.63, 3.8) is 0 Å². The Bertz CT molecular complexity index is 634. The average Bonchev–Trinajstić information content (AvgIpc) is 2.40. The number of hydrogen-bond acceptors (Lipinski definition) is 3. The molecule has 19 heavy (non-hydrogen) atoms. The van der Waals surface area contributed by atoms with Crippen LogP contribution in [0.25, 0.3) is 0 Å². The van der Waals surface area contributed by atoms with Gasteiger partial charge in [-0.05, 0) is 31.0 Å². The summed E-state index contributed by atoms with van der Waals surface area (Å²) in [6.45, 7) is 3.54. The molecule has 0 radical (unpaired) electrons. The van der Waals surface area contributed by atoms with Crippen molar-refractivity contribution in [3.05, 3.63) is 69.3 Å². The fourth-order valence-electron chi connectivity index (χ4n) is 1.83. The molecule has 0 spiro atoms. The number of nitro benzene ring substituents is 1. The summed E-state index contributed by atoms with van der Waals surface area (Å²) in [6.07, 6.45) is 1.71. The molecule has 2 aromatic carbocycles. The standard InChI is InChI=1S/C15H14N2O2/c1-11-8-14(12(2)15(9-11)17(18)19)16-10-13-6-4-3-5-7-13/h3-10H,1-2H3. The van der Waals surface area contributed by atoms with E-state index < -0.39 is 0 Å². The highest BCUT2D eigenvalue weighted by Gasteiger charge is 2.14. The van der Waals surface area contributed by atoms with Crippen molar-refractivity contribution in [1.29, 1.82) is 0 Å². The second-order valence-electron chi connectivity index (χ2n) is 4.35. The Labute approximate surface area is 111 Å². The molecule has 96 valence electrons. The van der Waals surface area contributed by atoms with Gasteiger partial charge in [0.15, 0.2) is 0 Å². The van der Waals surface area contributed by atoms with Gasteiger partial charge in [-0.3, -0.25) is 15.1 Å². The Morgan fingerprint density at radius 3 is 2.47 bits per heavy atom. The zero-order chi connectivity index (χ0) is 13.8. The van der Waals surface area contributed by atoms with Gasteiger partial charge in [0.1, 0.15) is 0 Å². The third kappa shape index (κ3) is 3.04. The van der Waals surface area contributed by atoms with E-state index in [9.17, 15) is 10.1 Å². The van der Waals surface area contributed by atoms with Gasteiger partial charge in [0, 0.05) is 12.3 Å². The summed E-state index contributed by atoms with van der Waals surface area (Å²) >= 11 is 0. The third-order valence-electron chi connectivity index (χ3n) is 2.85. The van der Waals surface area contributed by atoms with Gasteiger partial charge in [-0.2, -0.15) is 0 Å². The summed E-state index contributed by atoms with van der Waals surface area (Å²) in [5.41, 5.74) is 3.13. The van der Waals surface area contributed by atoms with E-state index in [-0.39, 0.29) is 10.6 Å². The van der Waals surface area contributed by atoms with E-state index in [2.05, 4.69) is 4.99 Å². The maximum absolute atomic E-state index is 11.0. The minimum Gasteiger partial charge on any atom is -0.258 e. The zero-order valence-electron chi connectivity index (χ0n) is 10.8. The lowest BCUT2D eigenvalue weighted by atomic mass is 10.1. The second kappa shape index (κ2) is 5.44. The Hall–Kier alpha value is -2.49. The lowest BCUT2D eigenvalue weighted by Gasteiger charge is -2.03. The van der Waals surface area contributed by atoms with Gasteiger partial charge in [0.2, 0.25) is 0 Å².